The van der Waals surface area contributed by atoms with Crippen LogP contribution in [-0.4, -0.2) is 65.9 Å². The minimum Gasteiger partial charge on any atom is -0.497 e. The molecule has 1 aliphatic rings. The first-order valence-corrected chi connectivity index (χ1v) is 11.6. The predicted molar refractivity (Wildman–Crippen MR) is 110 cm³/mol. The summed E-state index contributed by atoms with van der Waals surface area (Å²) < 4.78 is 10.7. The molecule has 0 saturated carbocycles. The summed E-state index contributed by atoms with van der Waals surface area (Å²) in [5.74, 6) is 1.00. The fraction of sp³-hybridized carbons (Fsp3) is 0.444. The first kappa shape index (κ1) is 19.5. The van der Waals surface area contributed by atoms with Crippen molar-refractivity contribution in [1.29, 1.82) is 0 Å². The smallest absolute Gasteiger partial charge is 0.258 e. The Morgan fingerprint density at radius 1 is 1.23 bits per heavy atom. The molecule has 0 N–H and O–H groups in total. The topological polar surface area (TPSA) is 45.7 Å². The third kappa shape index (κ3) is 4.36. The Kier molecular flexibility index (Phi) is 6.86. The molecule has 1 fully saturated rings. The molecule has 0 atom stereocenters. The molecule has 1 aliphatic heterocycles. The Balaban J connectivity index is 1.61. The Morgan fingerprint density at radius 3 is 2.65 bits per heavy atom. The Hall–Kier alpha value is -1.22. The fourth-order valence-corrected chi connectivity index (χ4v) is 5.28. The summed E-state index contributed by atoms with van der Waals surface area (Å²) in [7, 11) is 1.69. The van der Waals surface area contributed by atoms with E-state index in [0.29, 0.717) is 0 Å². The Bertz CT molecular complexity index is 736. The lowest BCUT2D eigenvalue weighted by Gasteiger charge is -2.34. The van der Waals surface area contributed by atoms with Gasteiger partial charge in [-0.15, -0.1) is 23.5 Å². The van der Waals surface area contributed by atoms with Gasteiger partial charge in [-0.2, -0.15) is 4.37 Å². The summed E-state index contributed by atoms with van der Waals surface area (Å²) in [6, 6.07) is 8.17. The Morgan fingerprint density at radius 2 is 2.00 bits per heavy atom. The normalized spacial score (nSPS) is 15.3. The number of aromatic nitrogens is 1. The van der Waals surface area contributed by atoms with Gasteiger partial charge in [-0.3, -0.25) is 9.69 Å². The van der Waals surface area contributed by atoms with E-state index in [0.717, 1.165) is 53.3 Å². The van der Waals surface area contributed by atoms with Crippen molar-refractivity contribution in [3.63, 3.8) is 0 Å². The average molecular weight is 410 g/mol. The zero-order valence-corrected chi connectivity index (χ0v) is 17.7. The molecule has 0 radical (unpaired) electrons. The van der Waals surface area contributed by atoms with Crippen LogP contribution in [0.3, 0.4) is 0 Å². The summed E-state index contributed by atoms with van der Waals surface area (Å²) >= 11 is 4.57. The second-order valence-corrected chi connectivity index (χ2v) is 8.62. The summed E-state index contributed by atoms with van der Waals surface area (Å²) in [5.41, 5.74) is 2.02. The number of rotatable bonds is 6. The van der Waals surface area contributed by atoms with E-state index in [9.17, 15) is 4.79 Å². The van der Waals surface area contributed by atoms with Gasteiger partial charge in [-0.1, -0.05) is 12.1 Å². The third-order valence-corrected chi connectivity index (χ3v) is 7.16. The zero-order chi connectivity index (χ0) is 18.5. The van der Waals surface area contributed by atoms with Crippen molar-refractivity contribution in [3.05, 3.63) is 35.4 Å². The van der Waals surface area contributed by atoms with Gasteiger partial charge in [0, 0.05) is 32.7 Å². The van der Waals surface area contributed by atoms with Gasteiger partial charge in [0.15, 0.2) is 0 Å². The number of benzene rings is 1. The van der Waals surface area contributed by atoms with E-state index >= 15 is 0 Å². The number of nitrogens with zero attached hydrogens (tertiary/aromatic N) is 3. The number of piperazine rings is 1. The van der Waals surface area contributed by atoms with Crippen molar-refractivity contribution in [1.82, 2.24) is 14.2 Å². The molecular formula is C18H23N3O2S3. The number of carbonyl (C=O) groups is 1. The summed E-state index contributed by atoms with van der Waals surface area (Å²) in [6.07, 6.45) is 3.97. The van der Waals surface area contributed by atoms with Crippen LogP contribution in [0.2, 0.25) is 0 Å². The number of ether oxygens (including phenoxy) is 1. The van der Waals surface area contributed by atoms with Gasteiger partial charge < -0.3 is 9.64 Å². The van der Waals surface area contributed by atoms with Crippen LogP contribution < -0.4 is 4.74 Å². The van der Waals surface area contributed by atoms with Gasteiger partial charge >= 0.3 is 0 Å². The van der Waals surface area contributed by atoms with Crippen molar-refractivity contribution >= 4 is 41.0 Å². The SMILES string of the molecule is COc1cccc(CN2CCN(C(=O)c3c(SC)nsc3SC)CC2)c1. The molecule has 2 heterocycles. The quantitative estimate of drug-likeness (QED) is 0.680. The molecular weight excluding hydrogens is 386 g/mol. The molecule has 140 valence electrons. The molecule has 3 rings (SSSR count). The van der Waals surface area contributed by atoms with Crippen molar-refractivity contribution in [2.24, 2.45) is 0 Å². The minimum absolute atomic E-state index is 0.119. The van der Waals surface area contributed by atoms with Crippen LogP contribution in [0, 0.1) is 0 Å². The van der Waals surface area contributed by atoms with Crippen LogP contribution in [0.5, 0.6) is 5.75 Å². The molecule has 1 aromatic heterocycles. The molecule has 8 heteroatoms. The minimum atomic E-state index is 0.119. The first-order chi connectivity index (χ1) is 12.7. The van der Waals surface area contributed by atoms with Crippen molar-refractivity contribution in [2.45, 2.75) is 15.8 Å². The van der Waals surface area contributed by atoms with E-state index in [2.05, 4.69) is 21.4 Å². The second-order valence-electron chi connectivity index (χ2n) is 5.98. The summed E-state index contributed by atoms with van der Waals surface area (Å²) in [6.45, 7) is 4.14. The van der Waals surface area contributed by atoms with Gasteiger partial charge in [0.2, 0.25) is 0 Å². The molecule has 1 aromatic carbocycles. The highest BCUT2D eigenvalue weighted by atomic mass is 32.2. The third-order valence-electron chi connectivity index (χ3n) is 4.42. The molecule has 0 unspecified atom stereocenters. The van der Waals surface area contributed by atoms with Gasteiger partial charge in [0.25, 0.3) is 5.91 Å². The van der Waals surface area contributed by atoms with Crippen LogP contribution in [0.25, 0.3) is 0 Å². The lowest BCUT2D eigenvalue weighted by molar-refractivity contribution is 0.0622. The zero-order valence-electron chi connectivity index (χ0n) is 15.2. The van der Waals surface area contributed by atoms with Gasteiger partial charge in [0.05, 0.1) is 16.9 Å². The van der Waals surface area contributed by atoms with Crippen molar-refractivity contribution < 1.29 is 9.53 Å². The number of thioether (sulfide) groups is 2. The van der Waals surface area contributed by atoms with E-state index < -0.39 is 0 Å². The maximum Gasteiger partial charge on any atom is 0.258 e. The average Bonchev–Trinajstić information content (AvgIpc) is 3.11. The number of hydrogen-bond donors (Lipinski definition) is 0. The largest absolute Gasteiger partial charge is 0.497 e. The number of amides is 1. The molecule has 5 nitrogen and oxygen atoms in total. The highest BCUT2D eigenvalue weighted by molar-refractivity contribution is 8.01. The molecule has 1 saturated heterocycles. The molecule has 2 aromatic rings. The van der Waals surface area contributed by atoms with Gasteiger partial charge in [-0.05, 0) is 41.7 Å². The van der Waals surface area contributed by atoms with Crippen LogP contribution in [0.4, 0.5) is 0 Å². The lowest BCUT2D eigenvalue weighted by Crippen LogP contribution is -2.48. The van der Waals surface area contributed by atoms with E-state index in [-0.39, 0.29) is 5.91 Å². The van der Waals surface area contributed by atoms with E-state index in [1.165, 1.54) is 17.1 Å². The van der Waals surface area contributed by atoms with Gasteiger partial charge in [-0.25, -0.2) is 0 Å². The van der Waals surface area contributed by atoms with E-state index in [4.69, 9.17) is 4.74 Å². The second kappa shape index (κ2) is 9.12. The van der Waals surface area contributed by atoms with Crippen LogP contribution >= 0.6 is 35.1 Å². The van der Waals surface area contributed by atoms with Gasteiger partial charge in [0.1, 0.15) is 10.8 Å². The fourth-order valence-electron chi connectivity index (χ4n) is 3.02. The molecule has 0 spiro atoms. The predicted octanol–water partition coefficient (Wildman–Crippen LogP) is 3.55. The van der Waals surface area contributed by atoms with Crippen LogP contribution in [0.15, 0.2) is 33.5 Å². The molecule has 1 amide bonds. The maximum absolute atomic E-state index is 13.0. The molecule has 0 aliphatic carbocycles. The standard InChI is InChI=1S/C18H23N3O2S3/c1-23-14-6-4-5-13(11-14)12-20-7-9-21(10-8-20)17(22)15-16(24-2)19-26-18(15)25-3/h4-6,11H,7-10,12H2,1-3H3. The number of carbonyl (C=O) groups excluding carboxylic acids is 1. The summed E-state index contributed by atoms with van der Waals surface area (Å²) in [4.78, 5) is 17.3. The molecule has 0 bridgehead atoms. The summed E-state index contributed by atoms with van der Waals surface area (Å²) in [5, 5.41) is 0.850. The van der Waals surface area contributed by atoms with E-state index in [1.54, 1.807) is 30.6 Å². The van der Waals surface area contributed by atoms with E-state index in [1.807, 2.05) is 29.5 Å². The van der Waals surface area contributed by atoms with Crippen molar-refractivity contribution in [3.8, 4) is 5.75 Å². The Labute approximate surface area is 167 Å². The maximum atomic E-state index is 13.0. The lowest BCUT2D eigenvalue weighted by atomic mass is 10.2. The van der Waals surface area contributed by atoms with Crippen LogP contribution in [-0.2, 0) is 6.54 Å². The first-order valence-electron chi connectivity index (χ1n) is 8.38. The monoisotopic (exact) mass is 409 g/mol. The number of methoxy groups -OCH3 is 1. The highest BCUT2D eigenvalue weighted by Crippen LogP contribution is 2.33. The van der Waals surface area contributed by atoms with Crippen molar-refractivity contribution in [2.75, 3.05) is 45.8 Å². The molecule has 26 heavy (non-hydrogen) atoms. The number of hydrogen-bond acceptors (Lipinski definition) is 7. The highest BCUT2D eigenvalue weighted by Gasteiger charge is 2.27. The van der Waals surface area contributed by atoms with Crippen LogP contribution in [0.1, 0.15) is 15.9 Å².